The van der Waals surface area contributed by atoms with Crippen LogP contribution in [0.4, 0.5) is 5.69 Å². The molecule has 0 unspecified atom stereocenters. The fourth-order valence-electron chi connectivity index (χ4n) is 3.81. The van der Waals surface area contributed by atoms with Crippen molar-refractivity contribution < 1.29 is 18.0 Å². The van der Waals surface area contributed by atoms with Gasteiger partial charge in [0.25, 0.3) is 10.0 Å². The van der Waals surface area contributed by atoms with E-state index in [9.17, 15) is 18.0 Å². The number of halogens is 2. The first-order valence-electron chi connectivity index (χ1n) is 11.5. The van der Waals surface area contributed by atoms with Gasteiger partial charge in [-0.25, -0.2) is 8.42 Å². The molecule has 0 aliphatic rings. The molecule has 196 valence electrons. The summed E-state index contributed by atoms with van der Waals surface area (Å²) < 4.78 is 28.5. The Labute approximate surface area is 228 Å². The Morgan fingerprint density at radius 1 is 0.919 bits per heavy atom. The molecule has 1 atom stereocenters. The van der Waals surface area contributed by atoms with Gasteiger partial charge in [-0.15, -0.1) is 0 Å². The quantitative estimate of drug-likeness (QED) is 0.399. The summed E-state index contributed by atoms with van der Waals surface area (Å²) in [7, 11) is -2.69. The number of hydrogen-bond donors (Lipinski definition) is 1. The molecule has 0 fully saturated rings. The van der Waals surface area contributed by atoms with Crippen LogP contribution in [-0.4, -0.2) is 44.8 Å². The zero-order valence-corrected chi connectivity index (χ0v) is 23.4. The second-order valence-corrected chi connectivity index (χ2v) is 11.4. The molecule has 10 heteroatoms. The normalized spacial score (nSPS) is 12.1. The third kappa shape index (κ3) is 6.83. The van der Waals surface area contributed by atoms with E-state index in [0.717, 1.165) is 21.0 Å². The van der Waals surface area contributed by atoms with Gasteiger partial charge in [0.1, 0.15) is 12.6 Å². The highest BCUT2D eigenvalue weighted by molar-refractivity contribution is 7.92. The molecule has 2 amide bonds. The molecule has 3 aromatic rings. The van der Waals surface area contributed by atoms with E-state index in [1.54, 1.807) is 19.1 Å². The number of benzene rings is 3. The summed E-state index contributed by atoms with van der Waals surface area (Å²) in [6.45, 7) is 4.94. The molecule has 0 radical (unpaired) electrons. The monoisotopic (exact) mass is 561 g/mol. The highest BCUT2D eigenvalue weighted by Crippen LogP contribution is 2.31. The Bertz CT molecular complexity index is 1400. The number of anilines is 1. The number of likely N-dealkylation sites (N-methyl/N-ethyl adjacent to an activating group) is 1. The van der Waals surface area contributed by atoms with Crippen LogP contribution < -0.4 is 9.62 Å². The predicted octanol–water partition coefficient (Wildman–Crippen LogP) is 4.97. The largest absolute Gasteiger partial charge is 0.357 e. The standard InChI is InChI=1S/C27H29Cl2N3O4S/c1-18-8-11-23(12-9-18)37(35,36)32(22-10-13-24(28)25(29)15-22)17-26(33)31(20(3)27(34)30-4)16-21-7-5-6-19(2)14-21/h5-15,20H,16-17H2,1-4H3,(H,30,34)/t20-/m1/s1. The lowest BCUT2D eigenvalue weighted by Crippen LogP contribution is -2.50. The molecule has 0 aromatic heterocycles. The fourth-order valence-corrected chi connectivity index (χ4v) is 5.50. The van der Waals surface area contributed by atoms with Gasteiger partial charge in [0.2, 0.25) is 11.8 Å². The van der Waals surface area contributed by atoms with Crippen molar-refractivity contribution in [3.05, 3.63) is 93.5 Å². The van der Waals surface area contributed by atoms with Crippen molar-refractivity contribution in [2.24, 2.45) is 0 Å². The minimum Gasteiger partial charge on any atom is -0.357 e. The first kappa shape index (κ1) is 28.5. The number of nitrogens with one attached hydrogen (secondary N) is 1. The van der Waals surface area contributed by atoms with Crippen LogP contribution in [0.1, 0.15) is 23.6 Å². The van der Waals surface area contributed by atoms with Crippen LogP contribution in [0.25, 0.3) is 0 Å². The maximum atomic E-state index is 13.8. The van der Waals surface area contributed by atoms with Crippen LogP contribution in [0.2, 0.25) is 10.0 Å². The summed E-state index contributed by atoms with van der Waals surface area (Å²) in [5, 5.41) is 2.95. The number of hydrogen-bond acceptors (Lipinski definition) is 4. The molecule has 1 N–H and O–H groups in total. The van der Waals surface area contributed by atoms with Crippen molar-refractivity contribution in [2.45, 2.75) is 38.3 Å². The zero-order valence-electron chi connectivity index (χ0n) is 21.0. The molecular weight excluding hydrogens is 533 g/mol. The van der Waals surface area contributed by atoms with E-state index < -0.39 is 28.5 Å². The Kier molecular flexibility index (Phi) is 9.23. The number of rotatable bonds is 9. The minimum atomic E-state index is -4.18. The van der Waals surface area contributed by atoms with Crippen LogP contribution in [0.15, 0.2) is 71.6 Å². The Morgan fingerprint density at radius 3 is 2.19 bits per heavy atom. The number of sulfonamides is 1. The number of amides is 2. The van der Waals surface area contributed by atoms with Gasteiger partial charge in [0, 0.05) is 13.6 Å². The fraction of sp³-hybridized carbons (Fsp3) is 0.259. The van der Waals surface area contributed by atoms with Crippen molar-refractivity contribution in [2.75, 3.05) is 17.9 Å². The Hall–Kier alpha value is -3.07. The van der Waals surface area contributed by atoms with Crippen molar-refractivity contribution in [3.63, 3.8) is 0 Å². The summed E-state index contributed by atoms with van der Waals surface area (Å²) in [4.78, 5) is 27.7. The average molecular weight is 563 g/mol. The molecular formula is C27H29Cl2N3O4S. The Balaban J connectivity index is 2.06. The van der Waals surface area contributed by atoms with E-state index in [-0.39, 0.29) is 33.1 Å². The topological polar surface area (TPSA) is 86.8 Å². The number of nitrogens with zero attached hydrogens (tertiary/aromatic N) is 2. The number of carbonyl (C=O) groups is 2. The van der Waals surface area contributed by atoms with E-state index in [1.807, 2.05) is 38.1 Å². The molecule has 3 aromatic carbocycles. The van der Waals surface area contributed by atoms with Crippen molar-refractivity contribution >= 4 is 50.7 Å². The van der Waals surface area contributed by atoms with E-state index in [4.69, 9.17) is 23.2 Å². The molecule has 0 aliphatic carbocycles. The molecule has 3 rings (SSSR count). The van der Waals surface area contributed by atoms with Crippen molar-refractivity contribution in [1.82, 2.24) is 10.2 Å². The van der Waals surface area contributed by atoms with Gasteiger partial charge in [-0.1, -0.05) is 70.7 Å². The van der Waals surface area contributed by atoms with Gasteiger partial charge >= 0.3 is 0 Å². The molecule has 0 aliphatic heterocycles. The SMILES string of the molecule is CNC(=O)[C@@H](C)N(Cc1cccc(C)c1)C(=O)CN(c1ccc(Cl)c(Cl)c1)S(=O)(=O)c1ccc(C)cc1. The van der Waals surface area contributed by atoms with Gasteiger partial charge in [0.15, 0.2) is 0 Å². The summed E-state index contributed by atoms with van der Waals surface area (Å²) in [5.41, 5.74) is 2.87. The summed E-state index contributed by atoms with van der Waals surface area (Å²) in [6, 6.07) is 17.4. The maximum absolute atomic E-state index is 13.8. The summed E-state index contributed by atoms with van der Waals surface area (Å²) >= 11 is 12.3. The van der Waals surface area contributed by atoms with Crippen molar-refractivity contribution in [3.8, 4) is 0 Å². The molecule has 0 spiro atoms. The van der Waals surface area contributed by atoms with Gasteiger partial charge in [-0.3, -0.25) is 13.9 Å². The smallest absolute Gasteiger partial charge is 0.264 e. The molecule has 7 nitrogen and oxygen atoms in total. The predicted molar refractivity (Wildman–Crippen MR) is 147 cm³/mol. The summed E-state index contributed by atoms with van der Waals surface area (Å²) in [5.74, 6) is -0.928. The molecule has 0 bridgehead atoms. The summed E-state index contributed by atoms with van der Waals surface area (Å²) in [6.07, 6.45) is 0. The van der Waals surface area contributed by atoms with E-state index in [0.29, 0.717) is 0 Å². The Morgan fingerprint density at radius 2 is 1.59 bits per heavy atom. The van der Waals surface area contributed by atoms with E-state index in [1.165, 1.54) is 42.3 Å². The maximum Gasteiger partial charge on any atom is 0.264 e. The van der Waals surface area contributed by atoms with Crippen LogP contribution in [-0.2, 0) is 26.2 Å². The first-order chi connectivity index (χ1) is 17.4. The van der Waals surface area contributed by atoms with Gasteiger partial charge in [-0.2, -0.15) is 0 Å². The van der Waals surface area contributed by atoms with Gasteiger partial charge < -0.3 is 10.2 Å². The second-order valence-electron chi connectivity index (χ2n) is 8.72. The van der Waals surface area contributed by atoms with Crippen LogP contribution in [0.3, 0.4) is 0 Å². The average Bonchev–Trinajstić information content (AvgIpc) is 2.86. The first-order valence-corrected chi connectivity index (χ1v) is 13.7. The number of aryl methyl sites for hydroxylation is 2. The molecule has 0 saturated heterocycles. The highest BCUT2D eigenvalue weighted by atomic mass is 35.5. The van der Waals surface area contributed by atoms with E-state index in [2.05, 4.69) is 5.32 Å². The lowest BCUT2D eigenvalue weighted by molar-refractivity contribution is -0.139. The number of carbonyl (C=O) groups excluding carboxylic acids is 2. The van der Waals surface area contributed by atoms with Crippen LogP contribution in [0.5, 0.6) is 0 Å². The van der Waals surface area contributed by atoms with Crippen LogP contribution in [0, 0.1) is 13.8 Å². The lowest BCUT2D eigenvalue weighted by atomic mass is 10.1. The molecule has 37 heavy (non-hydrogen) atoms. The second kappa shape index (κ2) is 12.0. The lowest BCUT2D eigenvalue weighted by Gasteiger charge is -2.32. The molecule has 0 heterocycles. The molecule has 0 saturated carbocycles. The minimum absolute atomic E-state index is 0.0153. The highest BCUT2D eigenvalue weighted by Gasteiger charge is 2.32. The van der Waals surface area contributed by atoms with Gasteiger partial charge in [0.05, 0.1) is 20.6 Å². The third-order valence-corrected chi connectivity index (χ3v) is 8.46. The zero-order chi connectivity index (χ0) is 27.3. The van der Waals surface area contributed by atoms with Gasteiger partial charge in [-0.05, 0) is 56.7 Å². The van der Waals surface area contributed by atoms with E-state index >= 15 is 0 Å². The van der Waals surface area contributed by atoms with Crippen LogP contribution >= 0.6 is 23.2 Å². The van der Waals surface area contributed by atoms with Crippen molar-refractivity contribution in [1.29, 1.82) is 0 Å². The third-order valence-electron chi connectivity index (χ3n) is 5.93.